The van der Waals surface area contributed by atoms with Crippen LogP contribution in [0.15, 0.2) is 12.2 Å². The van der Waals surface area contributed by atoms with E-state index in [1.807, 2.05) is 0 Å². The lowest BCUT2D eigenvalue weighted by Crippen LogP contribution is -2.49. The van der Waals surface area contributed by atoms with Gasteiger partial charge in [-0.2, -0.15) is 4.31 Å². The summed E-state index contributed by atoms with van der Waals surface area (Å²) in [5.74, 6) is 2.44. The molecule has 0 spiro atoms. The topological polar surface area (TPSA) is 40.6 Å². The lowest BCUT2D eigenvalue weighted by molar-refractivity contribution is 0.156. The molecule has 1 aliphatic heterocycles. The molecular formula is C13H22N2O2S. The highest BCUT2D eigenvalue weighted by molar-refractivity contribution is 7.88. The third-order valence-electron chi connectivity index (χ3n) is 4.71. The van der Waals surface area contributed by atoms with Crippen molar-refractivity contribution >= 4 is 10.0 Å². The summed E-state index contributed by atoms with van der Waals surface area (Å²) in [4.78, 5) is 2.45. The Hall–Kier alpha value is -0.390. The molecule has 0 aromatic heterocycles. The van der Waals surface area contributed by atoms with Crippen LogP contribution >= 0.6 is 0 Å². The van der Waals surface area contributed by atoms with Gasteiger partial charge in [0.05, 0.1) is 6.26 Å². The first-order valence-electron chi connectivity index (χ1n) is 6.88. The van der Waals surface area contributed by atoms with Crippen LogP contribution in [0.25, 0.3) is 0 Å². The molecule has 4 nitrogen and oxygen atoms in total. The van der Waals surface area contributed by atoms with E-state index >= 15 is 0 Å². The van der Waals surface area contributed by atoms with Gasteiger partial charge in [0.2, 0.25) is 10.0 Å². The summed E-state index contributed by atoms with van der Waals surface area (Å²) in [5, 5.41) is 0. The number of hydrogen-bond acceptors (Lipinski definition) is 3. The van der Waals surface area contributed by atoms with E-state index in [1.54, 1.807) is 4.31 Å². The molecule has 0 radical (unpaired) electrons. The van der Waals surface area contributed by atoms with Crippen molar-refractivity contribution < 1.29 is 8.42 Å². The summed E-state index contributed by atoms with van der Waals surface area (Å²) >= 11 is 0. The van der Waals surface area contributed by atoms with E-state index in [1.165, 1.54) is 19.1 Å². The van der Waals surface area contributed by atoms with E-state index < -0.39 is 10.0 Å². The van der Waals surface area contributed by atoms with E-state index in [9.17, 15) is 8.42 Å². The minimum atomic E-state index is -2.99. The van der Waals surface area contributed by atoms with Crippen molar-refractivity contribution in [2.24, 2.45) is 17.8 Å². The molecule has 2 aliphatic carbocycles. The average Bonchev–Trinajstić information content (AvgIpc) is 2.90. The summed E-state index contributed by atoms with van der Waals surface area (Å²) in [7, 11) is -2.99. The quantitative estimate of drug-likeness (QED) is 0.712. The first-order chi connectivity index (χ1) is 8.52. The summed E-state index contributed by atoms with van der Waals surface area (Å²) < 4.78 is 24.5. The highest BCUT2D eigenvalue weighted by Crippen LogP contribution is 2.43. The summed E-state index contributed by atoms with van der Waals surface area (Å²) in [6, 6.07) is 0. The third-order valence-corrected chi connectivity index (χ3v) is 6.01. The fourth-order valence-electron chi connectivity index (χ4n) is 3.68. The maximum absolute atomic E-state index is 11.4. The van der Waals surface area contributed by atoms with Gasteiger partial charge in [0.25, 0.3) is 0 Å². The van der Waals surface area contributed by atoms with Crippen LogP contribution in [-0.4, -0.2) is 56.6 Å². The second kappa shape index (κ2) is 4.62. The van der Waals surface area contributed by atoms with E-state index in [4.69, 9.17) is 0 Å². The van der Waals surface area contributed by atoms with Gasteiger partial charge >= 0.3 is 0 Å². The van der Waals surface area contributed by atoms with Gasteiger partial charge in [-0.15, -0.1) is 0 Å². The van der Waals surface area contributed by atoms with E-state index in [2.05, 4.69) is 17.1 Å². The van der Waals surface area contributed by atoms with Crippen molar-refractivity contribution in [2.45, 2.75) is 12.8 Å². The Morgan fingerprint density at radius 2 is 1.83 bits per heavy atom. The monoisotopic (exact) mass is 270 g/mol. The fourth-order valence-corrected chi connectivity index (χ4v) is 4.51. The van der Waals surface area contributed by atoms with E-state index in [0.29, 0.717) is 13.1 Å². The zero-order valence-corrected chi connectivity index (χ0v) is 11.8. The fraction of sp³-hybridized carbons (Fsp3) is 0.846. The summed E-state index contributed by atoms with van der Waals surface area (Å²) in [5.41, 5.74) is 0. The Morgan fingerprint density at radius 3 is 2.33 bits per heavy atom. The van der Waals surface area contributed by atoms with Crippen molar-refractivity contribution in [3.05, 3.63) is 12.2 Å². The van der Waals surface area contributed by atoms with Gasteiger partial charge in [0, 0.05) is 32.7 Å². The van der Waals surface area contributed by atoms with Gasteiger partial charge in [0.15, 0.2) is 0 Å². The number of rotatable bonds is 3. The SMILES string of the molecule is CS(=O)(=O)N1CCN(C[C@@H]2C[C@@H]3C=C[C@@H]2C3)CC1. The van der Waals surface area contributed by atoms with Crippen LogP contribution in [0.5, 0.6) is 0 Å². The highest BCUT2D eigenvalue weighted by atomic mass is 32.2. The number of piperazine rings is 1. The zero-order chi connectivity index (χ0) is 12.8. The van der Waals surface area contributed by atoms with Crippen LogP contribution in [0.3, 0.4) is 0 Å². The molecule has 102 valence electrons. The molecule has 5 heteroatoms. The molecule has 3 atom stereocenters. The van der Waals surface area contributed by atoms with Gasteiger partial charge in [-0.1, -0.05) is 12.2 Å². The molecule has 3 rings (SSSR count). The minimum absolute atomic E-state index is 0.662. The number of nitrogens with zero attached hydrogens (tertiary/aromatic N) is 2. The summed E-state index contributed by atoms with van der Waals surface area (Å²) in [6.45, 7) is 4.27. The van der Waals surface area contributed by atoms with Crippen LogP contribution in [0.1, 0.15) is 12.8 Å². The van der Waals surface area contributed by atoms with Crippen molar-refractivity contribution in [1.82, 2.24) is 9.21 Å². The van der Waals surface area contributed by atoms with Crippen molar-refractivity contribution in [1.29, 1.82) is 0 Å². The molecule has 1 heterocycles. The molecule has 0 amide bonds. The number of hydrogen-bond donors (Lipinski definition) is 0. The standard InChI is InChI=1S/C13H22N2O2S/c1-18(16,17)15-6-4-14(5-7-15)10-13-9-11-2-3-12(13)8-11/h2-3,11-13H,4-10H2,1H3/t11-,12-,13+/m1/s1. The first kappa shape index (κ1) is 12.6. The second-order valence-corrected chi connectivity index (χ2v) is 7.99. The molecule has 18 heavy (non-hydrogen) atoms. The van der Waals surface area contributed by atoms with E-state index in [-0.39, 0.29) is 0 Å². The largest absolute Gasteiger partial charge is 0.300 e. The van der Waals surface area contributed by atoms with Gasteiger partial charge in [0.1, 0.15) is 0 Å². The summed E-state index contributed by atoms with van der Waals surface area (Å²) in [6.07, 6.45) is 8.78. The Balaban J connectivity index is 1.50. The maximum atomic E-state index is 11.4. The molecule has 0 N–H and O–H groups in total. The Labute approximate surface area is 110 Å². The first-order valence-corrected chi connectivity index (χ1v) is 8.73. The average molecular weight is 270 g/mol. The number of sulfonamides is 1. The van der Waals surface area contributed by atoms with Crippen molar-refractivity contribution in [3.63, 3.8) is 0 Å². The van der Waals surface area contributed by atoms with Crippen LogP contribution in [0.2, 0.25) is 0 Å². The molecule has 1 saturated heterocycles. The molecular weight excluding hydrogens is 248 g/mol. The molecule has 2 fully saturated rings. The third kappa shape index (κ3) is 2.49. The lowest BCUT2D eigenvalue weighted by atomic mass is 9.93. The Bertz CT molecular complexity index is 438. The lowest BCUT2D eigenvalue weighted by Gasteiger charge is -2.35. The molecule has 0 aromatic rings. The smallest absolute Gasteiger partial charge is 0.211 e. The van der Waals surface area contributed by atoms with Crippen LogP contribution in [-0.2, 0) is 10.0 Å². The predicted molar refractivity (Wildman–Crippen MR) is 71.7 cm³/mol. The van der Waals surface area contributed by atoms with Gasteiger partial charge in [-0.05, 0) is 30.6 Å². The molecule has 0 aromatic carbocycles. The Kier molecular flexibility index (Phi) is 3.24. The van der Waals surface area contributed by atoms with Crippen LogP contribution in [0, 0.1) is 17.8 Å². The minimum Gasteiger partial charge on any atom is -0.300 e. The number of fused-ring (bicyclic) bond motifs is 2. The molecule has 1 saturated carbocycles. The molecule has 2 bridgehead atoms. The van der Waals surface area contributed by atoms with Crippen molar-refractivity contribution in [3.8, 4) is 0 Å². The van der Waals surface area contributed by atoms with Crippen LogP contribution in [0.4, 0.5) is 0 Å². The molecule has 0 unspecified atom stereocenters. The predicted octanol–water partition coefficient (Wildman–Crippen LogP) is 0.776. The second-order valence-electron chi connectivity index (χ2n) is 6.00. The highest BCUT2D eigenvalue weighted by Gasteiger charge is 2.37. The van der Waals surface area contributed by atoms with Gasteiger partial charge < -0.3 is 4.90 Å². The number of allylic oxidation sites excluding steroid dienone is 2. The zero-order valence-electron chi connectivity index (χ0n) is 11.0. The molecule has 3 aliphatic rings. The van der Waals surface area contributed by atoms with Crippen molar-refractivity contribution in [2.75, 3.05) is 39.0 Å². The van der Waals surface area contributed by atoms with Crippen LogP contribution < -0.4 is 0 Å². The Morgan fingerprint density at radius 1 is 1.11 bits per heavy atom. The van der Waals surface area contributed by atoms with Gasteiger partial charge in [-0.3, -0.25) is 0 Å². The normalized spacial score (nSPS) is 37.5. The maximum Gasteiger partial charge on any atom is 0.211 e. The van der Waals surface area contributed by atoms with E-state index in [0.717, 1.165) is 37.4 Å². The van der Waals surface area contributed by atoms with Gasteiger partial charge in [-0.25, -0.2) is 8.42 Å².